The lowest BCUT2D eigenvalue weighted by Gasteiger charge is -2.01. The molecule has 1 aromatic carbocycles. The normalized spacial score (nSPS) is 10.5. The lowest BCUT2D eigenvalue weighted by atomic mass is 10.2. The Morgan fingerprint density at radius 3 is 2.62 bits per heavy atom. The highest BCUT2D eigenvalue weighted by atomic mass is 32.1. The molecule has 0 aliphatic rings. The summed E-state index contributed by atoms with van der Waals surface area (Å²) in [5, 5.41) is 11.3. The van der Waals surface area contributed by atoms with Crippen molar-refractivity contribution in [2.45, 2.75) is 6.54 Å². The largest absolute Gasteiger partial charge is 0.348 e. The Morgan fingerprint density at radius 2 is 1.90 bits per heavy atom. The van der Waals surface area contributed by atoms with Gasteiger partial charge >= 0.3 is 0 Å². The molecular formula is C15H14N2O3S. The van der Waals surface area contributed by atoms with E-state index in [0.717, 1.165) is 10.4 Å². The first-order valence-corrected chi connectivity index (χ1v) is 7.05. The van der Waals surface area contributed by atoms with Crippen LogP contribution in [-0.2, 0) is 11.3 Å². The predicted octanol–water partition coefficient (Wildman–Crippen LogP) is 2.20. The van der Waals surface area contributed by atoms with Crippen LogP contribution in [0, 0.1) is 0 Å². The Labute approximate surface area is 125 Å². The van der Waals surface area contributed by atoms with Crippen molar-refractivity contribution >= 4 is 29.2 Å². The van der Waals surface area contributed by atoms with Crippen LogP contribution in [0.5, 0.6) is 0 Å². The summed E-state index contributed by atoms with van der Waals surface area (Å²) in [6.45, 7) is 0.465. The second-order valence-corrected chi connectivity index (χ2v) is 5.30. The second-order valence-electron chi connectivity index (χ2n) is 4.18. The molecule has 108 valence electrons. The standard InChI is InChI=1S/C15H14N2O3S/c18-14(16-10-11-4-2-1-3-5-11)9-7-12-6-8-13(21-12)15(19)17-20/h1-9,20H,10H2,(H,16,18)(H,17,19)/b9-7+. The average molecular weight is 302 g/mol. The van der Waals surface area contributed by atoms with Crippen LogP contribution in [0.15, 0.2) is 48.5 Å². The molecule has 21 heavy (non-hydrogen) atoms. The van der Waals surface area contributed by atoms with Crippen LogP contribution in [0.1, 0.15) is 20.1 Å². The molecule has 0 saturated carbocycles. The van der Waals surface area contributed by atoms with E-state index in [0.29, 0.717) is 11.4 Å². The first kappa shape index (κ1) is 15.0. The monoisotopic (exact) mass is 302 g/mol. The molecule has 0 aliphatic carbocycles. The van der Waals surface area contributed by atoms with Crippen LogP contribution >= 0.6 is 11.3 Å². The van der Waals surface area contributed by atoms with Crippen LogP contribution in [0.2, 0.25) is 0 Å². The summed E-state index contributed by atoms with van der Waals surface area (Å²) in [7, 11) is 0. The smallest absolute Gasteiger partial charge is 0.284 e. The highest BCUT2D eigenvalue weighted by Gasteiger charge is 2.06. The number of carbonyl (C=O) groups excluding carboxylic acids is 2. The Balaban J connectivity index is 1.87. The molecule has 1 heterocycles. The van der Waals surface area contributed by atoms with Crippen LogP contribution in [0.3, 0.4) is 0 Å². The van der Waals surface area contributed by atoms with Crippen molar-refractivity contribution in [3.05, 3.63) is 63.9 Å². The topological polar surface area (TPSA) is 78.4 Å². The van der Waals surface area contributed by atoms with E-state index in [1.54, 1.807) is 23.7 Å². The molecule has 0 fully saturated rings. The van der Waals surface area contributed by atoms with Crippen LogP contribution in [-0.4, -0.2) is 17.0 Å². The fourth-order valence-electron chi connectivity index (χ4n) is 1.62. The van der Waals surface area contributed by atoms with Crippen molar-refractivity contribution in [2.24, 2.45) is 0 Å². The summed E-state index contributed by atoms with van der Waals surface area (Å²) in [6.07, 6.45) is 3.04. The minimum atomic E-state index is -0.562. The fourth-order valence-corrected chi connectivity index (χ4v) is 2.42. The number of thiophene rings is 1. The van der Waals surface area contributed by atoms with E-state index in [2.05, 4.69) is 5.32 Å². The first-order chi connectivity index (χ1) is 10.2. The zero-order chi connectivity index (χ0) is 15.1. The molecule has 2 aromatic rings. The van der Waals surface area contributed by atoms with Crippen molar-refractivity contribution in [1.82, 2.24) is 10.8 Å². The fraction of sp³-hybridized carbons (Fsp3) is 0.0667. The number of amides is 2. The van der Waals surface area contributed by atoms with Gasteiger partial charge in [-0.1, -0.05) is 30.3 Å². The molecule has 0 unspecified atom stereocenters. The van der Waals surface area contributed by atoms with Gasteiger partial charge < -0.3 is 5.32 Å². The Hall–Kier alpha value is -2.44. The molecule has 0 spiro atoms. The number of hydrogen-bond acceptors (Lipinski definition) is 4. The third kappa shape index (κ3) is 4.55. The van der Waals surface area contributed by atoms with Gasteiger partial charge in [-0.15, -0.1) is 11.3 Å². The molecule has 6 heteroatoms. The minimum Gasteiger partial charge on any atom is -0.348 e. The van der Waals surface area contributed by atoms with E-state index in [4.69, 9.17) is 5.21 Å². The molecule has 2 rings (SSSR count). The van der Waals surface area contributed by atoms with Crippen molar-refractivity contribution in [3.63, 3.8) is 0 Å². The molecule has 0 atom stereocenters. The van der Waals surface area contributed by atoms with E-state index in [-0.39, 0.29) is 5.91 Å². The number of hydrogen-bond donors (Lipinski definition) is 3. The summed E-state index contributed by atoms with van der Waals surface area (Å²) < 4.78 is 0. The summed E-state index contributed by atoms with van der Waals surface area (Å²) in [5.74, 6) is -0.770. The molecule has 3 N–H and O–H groups in total. The summed E-state index contributed by atoms with van der Waals surface area (Å²) in [6, 6.07) is 12.9. The predicted molar refractivity (Wildman–Crippen MR) is 80.9 cm³/mol. The van der Waals surface area contributed by atoms with E-state index in [1.807, 2.05) is 30.3 Å². The number of hydroxylamine groups is 1. The third-order valence-electron chi connectivity index (χ3n) is 2.66. The molecular weight excluding hydrogens is 288 g/mol. The van der Waals surface area contributed by atoms with Gasteiger partial charge in [-0.2, -0.15) is 0 Å². The lowest BCUT2D eigenvalue weighted by molar-refractivity contribution is -0.116. The number of carbonyl (C=O) groups is 2. The maximum Gasteiger partial charge on any atom is 0.284 e. The molecule has 0 aliphatic heterocycles. The zero-order valence-corrected chi connectivity index (χ0v) is 11.9. The second kappa shape index (κ2) is 7.37. The van der Waals surface area contributed by atoms with E-state index in [1.165, 1.54) is 17.4 Å². The Bertz CT molecular complexity index is 650. The van der Waals surface area contributed by atoms with Gasteiger partial charge in [0.2, 0.25) is 5.91 Å². The Kier molecular flexibility index (Phi) is 5.25. The van der Waals surface area contributed by atoms with Crippen LogP contribution < -0.4 is 10.8 Å². The molecule has 1 aromatic heterocycles. The van der Waals surface area contributed by atoms with Gasteiger partial charge in [0.25, 0.3) is 5.91 Å². The van der Waals surface area contributed by atoms with Crippen molar-refractivity contribution in [1.29, 1.82) is 0 Å². The molecule has 5 nitrogen and oxygen atoms in total. The molecule has 2 amide bonds. The maximum absolute atomic E-state index is 11.7. The lowest BCUT2D eigenvalue weighted by Crippen LogP contribution is -2.20. The maximum atomic E-state index is 11.7. The van der Waals surface area contributed by atoms with E-state index >= 15 is 0 Å². The summed E-state index contributed by atoms with van der Waals surface area (Å²) >= 11 is 1.18. The Morgan fingerprint density at radius 1 is 1.14 bits per heavy atom. The van der Waals surface area contributed by atoms with Gasteiger partial charge in [0, 0.05) is 17.5 Å². The van der Waals surface area contributed by atoms with Gasteiger partial charge in [-0.25, -0.2) is 5.48 Å². The van der Waals surface area contributed by atoms with Crippen molar-refractivity contribution in [3.8, 4) is 0 Å². The number of nitrogens with one attached hydrogen (secondary N) is 2. The first-order valence-electron chi connectivity index (χ1n) is 6.23. The van der Waals surface area contributed by atoms with Crippen LogP contribution in [0.25, 0.3) is 6.08 Å². The quantitative estimate of drug-likeness (QED) is 0.450. The molecule has 0 saturated heterocycles. The highest BCUT2D eigenvalue weighted by molar-refractivity contribution is 7.14. The number of benzene rings is 1. The van der Waals surface area contributed by atoms with Gasteiger partial charge in [-0.05, 0) is 23.8 Å². The van der Waals surface area contributed by atoms with Gasteiger partial charge in [-0.3, -0.25) is 14.8 Å². The SMILES string of the molecule is O=C(/C=C/c1ccc(C(=O)NO)s1)NCc1ccccc1. The van der Waals surface area contributed by atoms with Gasteiger partial charge in [0.15, 0.2) is 0 Å². The third-order valence-corrected chi connectivity index (χ3v) is 3.71. The minimum absolute atomic E-state index is 0.208. The highest BCUT2D eigenvalue weighted by Crippen LogP contribution is 2.17. The van der Waals surface area contributed by atoms with Gasteiger partial charge in [0.05, 0.1) is 4.88 Å². The van der Waals surface area contributed by atoms with Crippen molar-refractivity contribution < 1.29 is 14.8 Å². The van der Waals surface area contributed by atoms with Gasteiger partial charge in [0.1, 0.15) is 0 Å². The van der Waals surface area contributed by atoms with E-state index < -0.39 is 5.91 Å². The molecule has 0 radical (unpaired) electrons. The summed E-state index contributed by atoms with van der Waals surface area (Å²) in [4.78, 5) is 24.0. The molecule has 0 bridgehead atoms. The number of rotatable bonds is 5. The van der Waals surface area contributed by atoms with Crippen LogP contribution in [0.4, 0.5) is 0 Å². The van der Waals surface area contributed by atoms with E-state index in [9.17, 15) is 9.59 Å². The summed E-state index contributed by atoms with van der Waals surface area (Å²) in [5.41, 5.74) is 2.59. The zero-order valence-electron chi connectivity index (χ0n) is 11.1. The average Bonchev–Trinajstić information content (AvgIpc) is 3.00. The van der Waals surface area contributed by atoms with Crippen molar-refractivity contribution in [2.75, 3.05) is 0 Å².